The van der Waals surface area contributed by atoms with Gasteiger partial charge in [0.1, 0.15) is 5.65 Å². The fraction of sp³-hybridized carbons (Fsp3) is 0.273. The van der Waals surface area contributed by atoms with Gasteiger partial charge < -0.3 is 20.9 Å². The fourth-order valence-corrected chi connectivity index (χ4v) is 5.17. The van der Waals surface area contributed by atoms with E-state index in [4.69, 9.17) is 5.73 Å². The van der Waals surface area contributed by atoms with Gasteiger partial charge in [0.2, 0.25) is 0 Å². The lowest BCUT2D eigenvalue weighted by atomic mass is 10.1. The van der Waals surface area contributed by atoms with Gasteiger partial charge in [0.25, 0.3) is 5.91 Å². The van der Waals surface area contributed by atoms with E-state index in [1.54, 1.807) is 18.0 Å². The molecule has 0 saturated heterocycles. The highest BCUT2D eigenvalue weighted by atomic mass is 32.2. The van der Waals surface area contributed by atoms with Crippen LogP contribution >= 0.6 is 11.8 Å². The third-order valence-corrected chi connectivity index (χ3v) is 6.69. The number of pyridine rings is 1. The lowest BCUT2D eigenvalue weighted by Gasteiger charge is -2.28. The number of amides is 1. The minimum absolute atomic E-state index is 0.0621. The first kappa shape index (κ1) is 18.3. The Hall–Kier alpha value is -2.77. The van der Waals surface area contributed by atoms with Gasteiger partial charge in [-0.15, -0.1) is 11.8 Å². The maximum atomic E-state index is 13.1. The zero-order chi connectivity index (χ0) is 20.0. The molecule has 0 spiro atoms. The molecule has 1 aliphatic carbocycles. The first-order valence-electron chi connectivity index (χ1n) is 9.80. The zero-order valence-electron chi connectivity index (χ0n) is 16.2. The molecule has 7 heteroatoms. The lowest BCUT2D eigenvalue weighted by Crippen LogP contribution is -2.39. The summed E-state index contributed by atoms with van der Waals surface area (Å²) in [6.45, 7) is 2.91. The summed E-state index contributed by atoms with van der Waals surface area (Å²) in [5.74, 6) is 0.785. The highest BCUT2D eigenvalue weighted by Gasteiger charge is 2.32. The van der Waals surface area contributed by atoms with Crippen LogP contribution < -0.4 is 16.0 Å². The number of hydrogen-bond acceptors (Lipinski definition) is 5. The summed E-state index contributed by atoms with van der Waals surface area (Å²) in [4.78, 5) is 23.5. The minimum Gasteiger partial charge on any atom is -0.346 e. The standard InChI is InChI=1S/C22H23N5OS/c1-13-11-25-21-19(13)17(6-7-24-21)27-8-9-29-18(12-27)22(28)26-20-15-5-3-2-4-14(15)10-16(20)23/h2-7,11-12,16,20H,8-10,23H2,1H3,(H,24,25)(H,26,28)/t16-,20-/m0/s1. The van der Waals surface area contributed by atoms with Gasteiger partial charge in [0, 0.05) is 42.3 Å². The SMILES string of the molecule is Cc1c[nH]c2nccc(N3C=C(C(=O)N[C@H]4c5ccccc5C[C@@H]4N)SCC3)c12. The number of H-pyrrole nitrogens is 1. The molecule has 2 atom stereocenters. The average Bonchev–Trinajstić information content (AvgIpc) is 3.28. The number of nitrogens with zero attached hydrogens (tertiary/aromatic N) is 2. The Morgan fingerprint density at radius 3 is 3.10 bits per heavy atom. The number of benzene rings is 1. The van der Waals surface area contributed by atoms with Gasteiger partial charge in [0.15, 0.2) is 0 Å². The van der Waals surface area contributed by atoms with Crippen LogP contribution in [0.3, 0.4) is 0 Å². The monoisotopic (exact) mass is 405 g/mol. The average molecular weight is 406 g/mol. The van der Waals surface area contributed by atoms with Crippen LogP contribution in [0.1, 0.15) is 22.7 Å². The smallest absolute Gasteiger partial charge is 0.259 e. The predicted molar refractivity (Wildman–Crippen MR) is 118 cm³/mol. The Bertz CT molecular complexity index is 1120. The van der Waals surface area contributed by atoms with E-state index < -0.39 is 0 Å². The first-order chi connectivity index (χ1) is 14.1. The largest absolute Gasteiger partial charge is 0.346 e. The number of fused-ring (bicyclic) bond motifs is 2. The van der Waals surface area contributed by atoms with E-state index in [1.807, 2.05) is 30.6 Å². The molecule has 2 aliphatic rings. The number of anilines is 1. The first-order valence-corrected chi connectivity index (χ1v) is 10.8. The summed E-state index contributed by atoms with van der Waals surface area (Å²) in [7, 11) is 0. The maximum Gasteiger partial charge on any atom is 0.259 e. The number of thioether (sulfide) groups is 1. The van der Waals surface area contributed by atoms with Gasteiger partial charge in [0.05, 0.1) is 16.6 Å². The van der Waals surface area contributed by atoms with Crippen LogP contribution in [0.4, 0.5) is 5.69 Å². The summed E-state index contributed by atoms with van der Waals surface area (Å²) in [5, 5.41) is 4.27. The zero-order valence-corrected chi connectivity index (χ0v) is 17.0. The quantitative estimate of drug-likeness (QED) is 0.624. The molecule has 29 heavy (non-hydrogen) atoms. The molecule has 0 radical (unpaired) electrons. The number of nitrogens with two attached hydrogens (primary N) is 1. The van der Waals surface area contributed by atoms with Crippen LogP contribution in [0.15, 0.2) is 53.8 Å². The second-order valence-electron chi connectivity index (χ2n) is 7.58. The summed E-state index contributed by atoms with van der Waals surface area (Å²) in [6, 6.07) is 9.94. The second kappa shape index (κ2) is 7.24. The molecule has 1 amide bonds. The Balaban J connectivity index is 1.42. The van der Waals surface area contributed by atoms with Crippen LogP contribution in [0.2, 0.25) is 0 Å². The lowest BCUT2D eigenvalue weighted by molar-refractivity contribution is -0.117. The molecule has 0 unspecified atom stereocenters. The summed E-state index contributed by atoms with van der Waals surface area (Å²) in [5.41, 5.74) is 11.8. The molecule has 5 rings (SSSR count). The summed E-state index contributed by atoms with van der Waals surface area (Å²) >= 11 is 1.59. The molecule has 3 aromatic rings. The third kappa shape index (κ3) is 3.20. The van der Waals surface area contributed by atoms with Gasteiger partial charge >= 0.3 is 0 Å². The molecular weight excluding hydrogens is 382 g/mol. The van der Waals surface area contributed by atoms with E-state index in [0.717, 1.165) is 46.6 Å². The molecule has 0 fully saturated rings. The van der Waals surface area contributed by atoms with Crippen molar-refractivity contribution in [3.8, 4) is 0 Å². The van der Waals surface area contributed by atoms with E-state index in [0.29, 0.717) is 4.91 Å². The topological polar surface area (TPSA) is 87.0 Å². The van der Waals surface area contributed by atoms with Crippen molar-refractivity contribution in [1.82, 2.24) is 15.3 Å². The normalized spacial score (nSPS) is 21.2. The number of hydrogen-bond donors (Lipinski definition) is 3. The fourth-order valence-electron chi connectivity index (χ4n) is 4.27. The number of carbonyl (C=O) groups is 1. The number of carbonyl (C=O) groups excluding carboxylic acids is 1. The summed E-state index contributed by atoms with van der Waals surface area (Å²) < 4.78 is 0. The number of nitrogens with one attached hydrogen (secondary N) is 2. The van der Waals surface area contributed by atoms with Crippen LogP contribution in [-0.4, -0.2) is 34.2 Å². The van der Waals surface area contributed by atoms with E-state index in [2.05, 4.69) is 39.2 Å². The highest BCUT2D eigenvalue weighted by Crippen LogP contribution is 2.34. The molecule has 1 aliphatic heterocycles. The van der Waals surface area contributed by atoms with Crippen molar-refractivity contribution in [2.24, 2.45) is 5.73 Å². The summed E-state index contributed by atoms with van der Waals surface area (Å²) in [6.07, 6.45) is 6.52. The Labute approximate surface area is 173 Å². The highest BCUT2D eigenvalue weighted by molar-refractivity contribution is 8.04. The molecule has 3 heterocycles. The van der Waals surface area contributed by atoms with Gasteiger partial charge in [-0.25, -0.2) is 4.98 Å². The van der Waals surface area contributed by atoms with Crippen molar-refractivity contribution in [1.29, 1.82) is 0 Å². The van der Waals surface area contributed by atoms with Gasteiger partial charge in [-0.2, -0.15) is 0 Å². The van der Waals surface area contributed by atoms with Crippen LogP contribution in [0.5, 0.6) is 0 Å². The minimum atomic E-state index is -0.143. The Kier molecular flexibility index (Phi) is 4.56. The predicted octanol–water partition coefficient (Wildman–Crippen LogP) is 3.01. The van der Waals surface area contributed by atoms with Crippen molar-refractivity contribution in [2.75, 3.05) is 17.2 Å². The molecule has 0 saturated carbocycles. The maximum absolute atomic E-state index is 13.1. The Morgan fingerprint density at radius 1 is 1.34 bits per heavy atom. The van der Waals surface area contributed by atoms with Crippen molar-refractivity contribution in [3.05, 3.63) is 70.5 Å². The molecule has 1 aromatic carbocycles. The van der Waals surface area contributed by atoms with E-state index in [9.17, 15) is 4.79 Å². The number of aromatic amines is 1. The number of aryl methyl sites for hydroxylation is 1. The van der Waals surface area contributed by atoms with E-state index in [-0.39, 0.29) is 18.0 Å². The van der Waals surface area contributed by atoms with Crippen LogP contribution in [0, 0.1) is 6.92 Å². The molecular formula is C22H23N5OS. The number of aromatic nitrogens is 2. The second-order valence-corrected chi connectivity index (χ2v) is 8.72. The van der Waals surface area contributed by atoms with E-state index >= 15 is 0 Å². The van der Waals surface area contributed by atoms with Gasteiger partial charge in [-0.05, 0) is 36.1 Å². The van der Waals surface area contributed by atoms with Gasteiger partial charge in [-0.1, -0.05) is 24.3 Å². The molecule has 0 bridgehead atoms. The van der Waals surface area contributed by atoms with Crippen molar-refractivity contribution in [2.45, 2.75) is 25.4 Å². The van der Waals surface area contributed by atoms with Crippen molar-refractivity contribution in [3.63, 3.8) is 0 Å². The third-order valence-electron chi connectivity index (χ3n) is 5.71. The van der Waals surface area contributed by atoms with Crippen LogP contribution in [0.25, 0.3) is 11.0 Å². The van der Waals surface area contributed by atoms with E-state index in [1.165, 1.54) is 5.56 Å². The van der Waals surface area contributed by atoms with Crippen molar-refractivity contribution < 1.29 is 4.79 Å². The van der Waals surface area contributed by atoms with Crippen LogP contribution in [-0.2, 0) is 11.2 Å². The van der Waals surface area contributed by atoms with Crippen molar-refractivity contribution >= 4 is 34.4 Å². The molecule has 4 N–H and O–H groups in total. The molecule has 6 nitrogen and oxygen atoms in total. The molecule has 2 aromatic heterocycles. The number of rotatable bonds is 3. The molecule has 148 valence electrons. The van der Waals surface area contributed by atoms with Gasteiger partial charge in [-0.3, -0.25) is 4.79 Å². The Morgan fingerprint density at radius 2 is 2.21 bits per heavy atom.